The van der Waals surface area contributed by atoms with Crippen molar-refractivity contribution in [3.05, 3.63) is 40.6 Å². The van der Waals surface area contributed by atoms with E-state index in [9.17, 15) is 9.90 Å². The molecule has 0 unspecified atom stereocenters. The second-order valence-electron chi connectivity index (χ2n) is 3.97. The molecule has 0 atom stereocenters. The number of carbonyl (C=O) groups is 1. The van der Waals surface area contributed by atoms with Crippen LogP contribution in [-0.4, -0.2) is 28.4 Å². The Balaban J connectivity index is 2.30. The molecule has 7 heteroatoms. The maximum absolute atomic E-state index is 11.4. The molecule has 2 rings (SSSR count). The average Bonchev–Trinajstić information content (AvgIpc) is 2.94. The molecule has 1 aromatic carbocycles. The fraction of sp³-hybridized carbons (Fsp3) is 0.214. The molecule has 0 saturated heterocycles. The van der Waals surface area contributed by atoms with E-state index in [0.29, 0.717) is 23.6 Å². The summed E-state index contributed by atoms with van der Waals surface area (Å²) in [6.07, 6.45) is 2.12. The highest BCUT2D eigenvalue weighted by atomic mass is 32.2. The number of methoxy groups -OCH3 is 1. The van der Waals surface area contributed by atoms with Crippen molar-refractivity contribution >= 4 is 23.8 Å². The summed E-state index contributed by atoms with van der Waals surface area (Å²) in [6, 6.07) is 7.15. The van der Waals surface area contributed by atoms with Crippen LogP contribution in [0.2, 0.25) is 0 Å². The van der Waals surface area contributed by atoms with Gasteiger partial charge in [-0.1, -0.05) is 25.1 Å². The van der Waals surface area contributed by atoms with E-state index in [1.54, 1.807) is 18.2 Å². The summed E-state index contributed by atoms with van der Waals surface area (Å²) in [4.78, 5) is 11.4. The molecule has 0 amide bonds. The second kappa shape index (κ2) is 6.94. The normalized spacial score (nSPS) is 11.4. The van der Waals surface area contributed by atoms with Gasteiger partial charge in [-0.05, 0) is 23.9 Å². The van der Waals surface area contributed by atoms with Gasteiger partial charge < -0.3 is 14.3 Å². The number of thioether (sulfide) groups is 1. The van der Waals surface area contributed by atoms with Crippen LogP contribution in [0.15, 0.2) is 38.8 Å². The smallest absolute Gasteiger partial charge is 0.342 e. The largest absolute Gasteiger partial charge is 0.496 e. The number of hydrogen-bond donors (Lipinski definition) is 1. The van der Waals surface area contributed by atoms with Gasteiger partial charge in [0, 0.05) is 12.0 Å². The number of carboxylic acids is 1. The predicted molar refractivity (Wildman–Crippen MR) is 78.1 cm³/mol. The van der Waals surface area contributed by atoms with Gasteiger partial charge >= 0.3 is 5.97 Å². The average molecular weight is 306 g/mol. The highest BCUT2D eigenvalue weighted by molar-refractivity contribution is 8.03. The Labute approximate surface area is 125 Å². The van der Waals surface area contributed by atoms with Crippen molar-refractivity contribution < 1.29 is 19.1 Å². The van der Waals surface area contributed by atoms with Crippen LogP contribution in [-0.2, 0) is 11.2 Å². The first-order chi connectivity index (χ1) is 10.1. The first kappa shape index (κ1) is 15.1. The van der Waals surface area contributed by atoms with Crippen LogP contribution >= 0.6 is 11.8 Å². The summed E-state index contributed by atoms with van der Waals surface area (Å²) in [5.41, 5.74) is 0.667. The minimum Gasteiger partial charge on any atom is -0.496 e. The van der Waals surface area contributed by atoms with Crippen molar-refractivity contribution in [3.8, 4) is 5.75 Å². The molecule has 110 valence electrons. The molecule has 21 heavy (non-hydrogen) atoms. The lowest BCUT2D eigenvalue weighted by Gasteiger charge is -2.05. The minimum absolute atomic E-state index is 0.0748. The van der Waals surface area contributed by atoms with E-state index in [2.05, 4.69) is 10.2 Å². The Morgan fingerprint density at radius 1 is 1.43 bits per heavy atom. The first-order valence-corrected chi connectivity index (χ1v) is 7.04. The van der Waals surface area contributed by atoms with E-state index < -0.39 is 5.97 Å². The van der Waals surface area contributed by atoms with Crippen LogP contribution in [0.25, 0.3) is 6.08 Å². The standard InChI is InChI=1S/C14H14N2O4S/c1-3-12-15-16-14(20-12)21-11(13(17)18)8-9-6-4-5-7-10(9)19-2/h4-8H,3H2,1-2H3,(H,17,18)/b11-8-. The van der Waals surface area contributed by atoms with Crippen molar-refractivity contribution in [1.82, 2.24) is 10.2 Å². The number of carboxylic acid groups (broad SMARTS) is 1. The van der Waals surface area contributed by atoms with Crippen LogP contribution in [0, 0.1) is 0 Å². The van der Waals surface area contributed by atoms with Gasteiger partial charge in [-0.2, -0.15) is 0 Å². The van der Waals surface area contributed by atoms with Crippen LogP contribution in [0.5, 0.6) is 5.75 Å². The summed E-state index contributed by atoms with van der Waals surface area (Å²) in [7, 11) is 1.53. The highest BCUT2D eigenvalue weighted by Crippen LogP contribution is 2.30. The third-order valence-corrected chi connectivity index (χ3v) is 3.44. The number of ether oxygens (including phenoxy) is 1. The Morgan fingerprint density at radius 2 is 2.19 bits per heavy atom. The summed E-state index contributed by atoms with van der Waals surface area (Å²) in [6.45, 7) is 1.88. The maximum atomic E-state index is 11.4. The third-order valence-electron chi connectivity index (χ3n) is 2.58. The zero-order chi connectivity index (χ0) is 15.2. The van der Waals surface area contributed by atoms with Crippen molar-refractivity contribution in [2.45, 2.75) is 18.6 Å². The molecular formula is C14H14N2O4S. The van der Waals surface area contributed by atoms with Crippen molar-refractivity contribution in [2.75, 3.05) is 7.11 Å². The molecule has 2 aromatic rings. The van der Waals surface area contributed by atoms with E-state index in [1.165, 1.54) is 13.2 Å². The fourth-order valence-corrected chi connectivity index (χ4v) is 2.26. The number of aryl methyl sites for hydroxylation is 1. The molecule has 6 nitrogen and oxygen atoms in total. The molecule has 0 aliphatic rings. The molecule has 0 saturated carbocycles. The van der Waals surface area contributed by atoms with Gasteiger partial charge in [0.05, 0.1) is 7.11 Å². The number of rotatable bonds is 6. The highest BCUT2D eigenvalue weighted by Gasteiger charge is 2.15. The molecule has 0 radical (unpaired) electrons. The predicted octanol–water partition coefficient (Wildman–Crippen LogP) is 2.86. The second-order valence-corrected chi connectivity index (χ2v) is 4.97. The zero-order valence-corrected chi connectivity index (χ0v) is 12.4. The summed E-state index contributed by atoms with van der Waals surface area (Å²) < 4.78 is 10.5. The van der Waals surface area contributed by atoms with E-state index in [1.807, 2.05) is 13.0 Å². The van der Waals surface area contributed by atoms with Gasteiger partial charge in [-0.15, -0.1) is 10.2 Å². The van der Waals surface area contributed by atoms with E-state index in [0.717, 1.165) is 11.8 Å². The fourth-order valence-electron chi connectivity index (χ4n) is 1.58. The topological polar surface area (TPSA) is 85.5 Å². The molecule has 1 heterocycles. The number of aromatic nitrogens is 2. The number of benzene rings is 1. The van der Waals surface area contributed by atoms with Gasteiger partial charge in [0.15, 0.2) is 0 Å². The summed E-state index contributed by atoms with van der Waals surface area (Å²) in [5, 5.41) is 17.1. The SMILES string of the molecule is CCc1nnc(S/C(=C\c2ccccc2OC)C(=O)O)o1. The van der Waals surface area contributed by atoms with E-state index in [-0.39, 0.29) is 10.1 Å². The van der Waals surface area contributed by atoms with E-state index in [4.69, 9.17) is 9.15 Å². The Hall–Kier alpha value is -2.28. The van der Waals surface area contributed by atoms with Crippen molar-refractivity contribution in [2.24, 2.45) is 0 Å². The molecule has 0 aliphatic heterocycles. The number of hydrogen-bond acceptors (Lipinski definition) is 6. The number of para-hydroxylation sites is 1. The lowest BCUT2D eigenvalue weighted by Crippen LogP contribution is -1.97. The van der Waals surface area contributed by atoms with Gasteiger partial charge in [0.1, 0.15) is 10.7 Å². The lowest BCUT2D eigenvalue weighted by molar-refractivity contribution is -0.131. The molecule has 0 aliphatic carbocycles. The van der Waals surface area contributed by atoms with Crippen molar-refractivity contribution in [3.63, 3.8) is 0 Å². The number of nitrogens with zero attached hydrogens (tertiary/aromatic N) is 2. The Bertz CT molecular complexity index is 666. The van der Waals surface area contributed by atoms with Crippen LogP contribution in [0.1, 0.15) is 18.4 Å². The van der Waals surface area contributed by atoms with Crippen molar-refractivity contribution in [1.29, 1.82) is 0 Å². The number of aliphatic carboxylic acids is 1. The van der Waals surface area contributed by atoms with Gasteiger partial charge in [0.2, 0.25) is 5.89 Å². The Morgan fingerprint density at radius 3 is 2.81 bits per heavy atom. The summed E-state index contributed by atoms with van der Waals surface area (Å²) in [5.74, 6) is -0.00156. The summed E-state index contributed by atoms with van der Waals surface area (Å²) >= 11 is 0.913. The monoisotopic (exact) mass is 306 g/mol. The maximum Gasteiger partial charge on any atom is 0.342 e. The lowest BCUT2D eigenvalue weighted by atomic mass is 10.2. The van der Waals surface area contributed by atoms with E-state index >= 15 is 0 Å². The van der Waals surface area contributed by atoms with Gasteiger partial charge in [-0.3, -0.25) is 0 Å². The quantitative estimate of drug-likeness (QED) is 0.648. The molecule has 0 bridgehead atoms. The third kappa shape index (κ3) is 3.85. The first-order valence-electron chi connectivity index (χ1n) is 6.22. The van der Waals surface area contributed by atoms with Gasteiger partial charge in [0.25, 0.3) is 5.22 Å². The van der Waals surface area contributed by atoms with Crippen LogP contribution < -0.4 is 4.74 Å². The Kier molecular flexibility index (Phi) is 4.99. The molecule has 1 aromatic heterocycles. The molecule has 0 fully saturated rings. The molecule has 0 spiro atoms. The van der Waals surface area contributed by atoms with Crippen LogP contribution in [0.4, 0.5) is 0 Å². The molecular weight excluding hydrogens is 292 g/mol. The van der Waals surface area contributed by atoms with Crippen LogP contribution in [0.3, 0.4) is 0 Å². The molecule has 1 N–H and O–H groups in total. The zero-order valence-electron chi connectivity index (χ0n) is 11.6. The van der Waals surface area contributed by atoms with Gasteiger partial charge in [-0.25, -0.2) is 4.79 Å². The minimum atomic E-state index is -1.07.